The van der Waals surface area contributed by atoms with E-state index >= 15 is 0 Å². The smallest absolute Gasteiger partial charge is 0.211 e. The molecule has 0 bridgehead atoms. The van der Waals surface area contributed by atoms with E-state index in [9.17, 15) is 8.42 Å². The Morgan fingerprint density at radius 3 is 2.32 bits per heavy atom. The minimum Gasteiger partial charge on any atom is -0.356 e. The third-order valence-electron chi connectivity index (χ3n) is 4.83. The highest BCUT2D eigenvalue weighted by atomic mass is 32.2. The second-order valence-electron chi connectivity index (χ2n) is 7.58. The summed E-state index contributed by atoms with van der Waals surface area (Å²) in [5, 5.41) is 6.75. The lowest BCUT2D eigenvalue weighted by molar-refractivity contribution is 0.275. The fourth-order valence-electron chi connectivity index (χ4n) is 3.14. The van der Waals surface area contributed by atoms with Gasteiger partial charge in [-0.1, -0.05) is 39.5 Å². The fourth-order valence-corrected chi connectivity index (χ4v) is 4.02. The molecule has 0 aromatic carbocycles. The SMILES string of the molecule is CN=C(NCCCCCCC(C)C)NCC1CCN(S(C)(=O)=O)CC1. The van der Waals surface area contributed by atoms with E-state index in [-0.39, 0.29) is 0 Å². The van der Waals surface area contributed by atoms with Crippen molar-refractivity contribution in [2.45, 2.75) is 58.8 Å². The summed E-state index contributed by atoms with van der Waals surface area (Å²) in [5.74, 6) is 2.17. The number of sulfonamides is 1. The number of unbranched alkanes of at least 4 members (excludes halogenated alkanes) is 3. The van der Waals surface area contributed by atoms with Gasteiger partial charge in [-0.2, -0.15) is 0 Å². The van der Waals surface area contributed by atoms with E-state index in [1.54, 1.807) is 11.4 Å². The molecule has 1 rings (SSSR count). The maximum atomic E-state index is 11.5. The summed E-state index contributed by atoms with van der Waals surface area (Å²) < 4.78 is 24.6. The Morgan fingerprint density at radius 1 is 1.12 bits per heavy atom. The van der Waals surface area contributed by atoms with E-state index in [2.05, 4.69) is 29.5 Å². The van der Waals surface area contributed by atoms with Gasteiger partial charge in [-0.3, -0.25) is 4.99 Å². The van der Waals surface area contributed by atoms with E-state index < -0.39 is 10.0 Å². The van der Waals surface area contributed by atoms with Crippen LogP contribution in [0.5, 0.6) is 0 Å². The predicted octanol–water partition coefficient (Wildman–Crippen LogP) is 2.43. The van der Waals surface area contributed by atoms with Crippen LogP contribution in [-0.2, 0) is 10.0 Å². The molecule has 1 fully saturated rings. The minimum atomic E-state index is -3.04. The Hall–Kier alpha value is -0.820. The maximum absolute atomic E-state index is 11.5. The van der Waals surface area contributed by atoms with Crippen molar-refractivity contribution >= 4 is 16.0 Å². The number of hydrogen-bond acceptors (Lipinski definition) is 3. The zero-order valence-corrected chi connectivity index (χ0v) is 17.4. The lowest BCUT2D eigenvalue weighted by Gasteiger charge is -2.30. The van der Waals surface area contributed by atoms with Crippen LogP contribution in [0.25, 0.3) is 0 Å². The fraction of sp³-hybridized carbons (Fsp3) is 0.944. The first-order valence-electron chi connectivity index (χ1n) is 9.72. The zero-order valence-electron chi connectivity index (χ0n) is 16.6. The number of nitrogens with one attached hydrogen (secondary N) is 2. The number of hydrogen-bond donors (Lipinski definition) is 2. The molecule has 0 aliphatic carbocycles. The van der Waals surface area contributed by atoms with Crippen molar-refractivity contribution in [3.05, 3.63) is 0 Å². The van der Waals surface area contributed by atoms with Crippen molar-refractivity contribution in [1.82, 2.24) is 14.9 Å². The van der Waals surface area contributed by atoms with Crippen LogP contribution >= 0.6 is 0 Å². The summed E-state index contributed by atoms with van der Waals surface area (Å²) in [7, 11) is -1.24. The van der Waals surface area contributed by atoms with Gasteiger partial charge in [-0.05, 0) is 31.1 Å². The minimum absolute atomic E-state index is 0.507. The van der Waals surface area contributed by atoms with Gasteiger partial charge in [0.15, 0.2) is 5.96 Å². The van der Waals surface area contributed by atoms with Crippen LogP contribution in [0.2, 0.25) is 0 Å². The average Bonchev–Trinajstić information content (AvgIpc) is 2.56. The van der Waals surface area contributed by atoms with Crippen LogP contribution in [0.4, 0.5) is 0 Å². The van der Waals surface area contributed by atoms with Gasteiger partial charge in [0.2, 0.25) is 10.0 Å². The third-order valence-corrected chi connectivity index (χ3v) is 6.13. The van der Waals surface area contributed by atoms with Crippen molar-refractivity contribution in [2.75, 3.05) is 39.5 Å². The topological polar surface area (TPSA) is 73.8 Å². The average molecular weight is 375 g/mol. The summed E-state index contributed by atoms with van der Waals surface area (Å²) in [5.41, 5.74) is 0. The summed E-state index contributed by atoms with van der Waals surface area (Å²) >= 11 is 0. The van der Waals surface area contributed by atoms with Crippen LogP contribution in [-0.4, -0.2) is 58.2 Å². The van der Waals surface area contributed by atoms with Crippen molar-refractivity contribution in [1.29, 1.82) is 0 Å². The van der Waals surface area contributed by atoms with Crippen LogP contribution < -0.4 is 10.6 Å². The molecular formula is C18H38N4O2S. The van der Waals surface area contributed by atoms with Crippen LogP contribution in [0, 0.1) is 11.8 Å². The van der Waals surface area contributed by atoms with Gasteiger partial charge in [0.1, 0.15) is 0 Å². The molecule has 25 heavy (non-hydrogen) atoms. The number of aliphatic imine (C=N–C) groups is 1. The van der Waals surface area contributed by atoms with E-state index in [1.165, 1.54) is 38.4 Å². The van der Waals surface area contributed by atoms with Gasteiger partial charge in [-0.15, -0.1) is 0 Å². The van der Waals surface area contributed by atoms with Crippen LogP contribution in [0.15, 0.2) is 4.99 Å². The highest BCUT2D eigenvalue weighted by molar-refractivity contribution is 7.88. The summed E-state index contributed by atoms with van der Waals surface area (Å²) in [6, 6.07) is 0. The standard InChI is InChI=1S/C18H38N4O2S/c1-16(2)9-7-5-6-8-12-20-18(19-3)21-15-17-10-13-22(14-11-17)25(4,23)24/h16-17H,5-15H2,1-4H3,(H2,19,20,21). The highest BCUT2D eigenvalue weighted by Gasteiger charge is 2.24. The molecule has 0 unspecified atom stereocenters. The first-order chi connectivity index (χ1) is 11.8. The van der Waals surface area contributed by atoms with Gasteiger partial charge in [0.25, 0.3) is 0 Å². The normalized spacial score (nSPS) is 17.9. The molecule has 0 amide bonds. The summed E-state index contributed by atoms with van der Waals surface area (Å²) in [4.78, 5) is 4.27. The summed E-state index contributed by atoms with van der Waals surface area (Å²) in [6.07, 6.45) is 9.52. The zero-order chi connectivity index (χ0) is 18.7. The van der Waals surface area contributed by atoms with Crippen LogP contribution in [0.3, 0.4) is 0 Å². The molecule has 148 valence electrons. The number of guanidine groups is 1. The molecule has 0 atom stereocenters. The Labute approximate surface area is 154 Å². The van der Waals surface area contributed by atoms with E-state index in [4.69, 9.17) is 0 Å². The number of nitrogens with zero attached hydrogens (tertiary/aromatic N) is 2. The van der Waals surface area contributed by atoms with Crippen LogP contribution in [0.1, 0.15) is 58.8 Å². The Morgan fingerprint density at radius 2 is 1.76 bits per heavy atom. The molecule has 0 radical (unpaired) electrons. The second kappa shape index (κ2) is 11.7. The first kappa shape index (κ1) is 22.2. The molecule has 1 saturated heterocycles. The van der Waals surface area contributed by atoms with Gasteiger partial charge in [-0.25, -0.2) is 12.7 Å². The van der Waals surface area contributed by atoms with Gasteiger partial charge >= 0.3 is 0 Å². The summed E-state index contributed by atoms with van der Waals surface area (Å²) in [6.45, 7) is 7.63. The molecule has 7 heteroatoms. The molecular weight excluding hydrogens is 336 g/mol. The largest absolute Gasteiger partial charge is 0.356 e. The molecule has 6 nitrogen and oxygen atoms in total. The Bertz CT molecular complexity index is 483. The Kier molecular flexibility index (Phi) is 10.4. The Balaban J connectivity index is 2.11. The molecule has 0 spiro atoms. The van der Waals surface area contributed by atoms with Gasteiger partial charge in [0, 0.05) is 33.2 Å². The van der Waals surface area contributed by atoms with Gasteiger partial charge in [0.05, 0.1) is 6.26 Å². The molecule has 0 aromatic rings. The lowest BCUT2D eigenvalue weighted by atomic mass is 9.98. The molecule has 0 aromatic heterocycles. The molecule has 2 N–H and O–H groups in total. The maximum Gasteiger partial charge on any atom is 0.211 e. The lowest BCUT2D eigenvalue weighted by Crippen LogP contribution is -2.44. The number of piperidine rings is 1. The molecule has 1 heterocycles. The highest BCUT2D eigenvalue weighted by Crippen LogP contribution is 2.18. The second-order valence-corrected chi connectivity index (χ2v) is 9.56. The quantitative estimate of drug-likeness (QED) is 0.350. The van der Waals surface area contributed by atoms with Gasteiger partial charge < -0.3 is 10.6 Å². The molecule has 1 aliphatic rings. The first-order valence-corrected chi connectivity index (χ1v) is 11.6. The number of rotatable bonds is 10. The van der Waals surface area contributed by atoms with Crippen molar-refractivity contribution in [3.63, 3.8) is 0 Å². The van der Waals surface area contributed by atoms with E-state index in [0.717, 1.165) is 37.8 Å². The monoisotopic (exact) mass is 374 g/mol. The predicted molar refractivity (Wildman–Crippen MR) is 106 cm³/mol. The van der Waals surface area contributed by atoms with Crippen molar-refractivity contribution in [2.24, 2.45) is 16.8 Å². The molecule has 0 saturated carbocycles. The third kappa shape index (κ3) is 10.0. The van der Waals surface area contributed by atoms with E-state index in [1.807, 2.05) is 0 Å². The van der Waals surface area contributed by atoms with E-state index in [0.29, 0.717) is 19.0 Å². The molecule has 1 aliphatic heterocycles. The van der Waals surface area contributed by atoms with Crippen molar-refractivity contribution in [3.8, 4) is 0 Å². The van der Waals surface area contributed by atoms with Crippen molar-refractivity contribution < 1.29 is 8.42 Å².